The largest absolute Gasteiger partial charge is 0.302 e. The number of rotatable bonds is 7. The Morgan fingerprint density at radius 3 is 2.42 bits per heavy atom. The lowest BCUT2D eigenvalue weighted by molar-refractivity contribution is 0.452. The van der Waals surface area contributed by atoms with Crippen LogP contribution in [0.25, 0.3) is 0 Å². The lowest BCUT2D eigenvalue weighted by Crippen LogP contribution is -2.00. The third kappa shape index (κ3) is 9.92. The van der Waals surface area contributed by atoms with E-state index < -0.39 is 9.04 Å². The summed E-state index contributed by atoms with van der Waals surface area (Å²) in [5.41, 5.74) is 0. The average Bonchev–Trinajstić information content (AvgIpc) is 2.02. The van der Waals surface area contributed by atoms with E-state index in [0.717, 1.165) is 12.5 Å². The fourth-order valence-electron chi connectivity index (χ4n) is 1.08. The fourth-order valence-corrected chi connectivity index (χ4v) is 1.74. The van der Waals surface area contributed by atoms with Crippen LogP contribution in [0.5, 0.6) is 0 Å². The van der Waals surface area contributed by atoms with E-state index in [1.54, 1.807) is 0 Å². The Labute approximate surface area is 78.2 Å². The normalized spacial score (nSPS) is 13.9. The Morgan fingerprint density at radius 1 is 1.17 bits per heavy atom. The molecule has 12 heavy (non-hydrogen) atoms. The Hall–Kier alpha value is -0.0831. The van der Waals surface area contributed by atoms with Gasteiger partial charge in [-0.05, 0) is 31.9 Å². The number of hydrogen-bond acceptors (Lipinski definition) is 0. The predicted molar refractivity (Wildman–Crippen MR) is 56.4 cm³/mol. The van der Waals surface area contributed by atoms with Crippen molar-refractivity contribution in [1.29, 1.82) is 0 Å². The highest BCUT2D eigenvalue weighted by Gasteiger charge is 1.96. The molecule has 0 amide bonds. The summed E-state index contributed by atoms with van der Waals surface area (Å²) in [6, 6.07) is 0.921. The molecule has 0 aromatic carbocycles. The second kappa shape index (κ2) is 9.01. The molecule has 1 nitrogen and oxygen atoms in total. The van der Waals surface area contributed by atoms with Crippen molar-refractivity contribution in [3.8, 4) is 0 Å². The van der Waals surface area contributed by atoms with Gasteiger partial charge in [-0.25, -0.2) is 0 Å². The quantitative estimate of drug-likeness (QED) is 0.329. The number of allylic oxidation sites excluding steroid dienone is 2. The molecule has 0 bridgehead atoms. The fraction of sp³-hybridized carbons (Fsp3) is 0.800. The van der Waals surface area contributed by atoms with Gasteiger partial charge in [0.15, 0.2) is 0 Å². The summed E-state index contributed by atoms with van der Waals surface area (Å²) in [4.78, 5) is 10.8. The van der Waals surface area contributed by atoms with Crippen molar-refractivity contribution in [2.75, 3.05) is 0 Å². The van der Waals surface area contributed by atoms with Gasteiger partial charge in [-0.2, -0.15) is 0 Å². The summed E-state index contributed by atoms with van der Waals surface area (Å²) in [6.45, 7) is 4.08. The van der Waals surface area contributed by atoms with Crippen LogP contribution < -0.4 is 0 Å². The highest BCUT2D eigenvalue weighted by molar-refractivity contribution is 6.48. The molecular formula is C10H21OSi. The van der Waals surface area contributed by atoms with Crippen LogP contribution >= 0.6 is 0 Å². The standard InChI is InChI=1S/C10H21OSi/c1-3-4-5-6-7-8-9-10-12(2)11/h7-8,12H,3-6,9-10H2,1-2H3. The molecule has 1 radical (unpaired) electrons. The Kier molecular flexibility index (Phi) is 8.95. The monoisotopic (exact) mass is 185 g/mol. The minimum atomic E-state index is -1.54. The van der Waals surface area contributed by atoms with Crippen molar-refractivity contribution >= 4 is 9.04 Å². The lowest BCUT2D eigenvalue weighted by atomic mass is 10.2. The van der Waals surface area contributed by atoms with Gasteiger partial charge >= 0.3 is 0 Å². The van der Waals surface area contributed by atoms with Crippen LogP contribution in [0.15, 0.2) is 12.2 Å². The molecule has 2 heteroatoms. The van der Waals surface area contributed by atoms with E-state index in [1.165, 1.54) is 25.7 Å². The molecule has 0 saturated carbocycles. The summed E-state index contributed by atoms with van der Waals surface area (Å²) < 4.78 is 0. The Bertz CT molecular complexity index is 110. The van der Waals surface area contributed by atoms with Crippen molar-refractivity contribution in [1.82, 2.24) is 0 Å². The van der Waals surface area contributed by atoms with E-state index in [-0.39, 0.29) is 0 Å². The Morgan fingerprint density at radius 2 is 1.83 bits per heavy atom. The number of unbranched alkanes of at least 4 members (excludes halogenated alkanes) is 3. The molecular weight excluding hydrogens is 164 g/mol. The smallest absolute Gasteiger partial charge is 0.219 e. The first-order valence-corrected chi connectivity index (χ1v) is 7.52. The molecule has 0 aliphatic carbocycles. The molecule has 1 unspecified atom stereocenters. The van der Waals surface area contributed by atoms with Gasteiger partial charge in [-0.3, -0.25) is 0 Å². The van der Waals surface area contributed by atoms with Gasteiger partial charge in [0.25, 0.3) is 0 Å². The van der Waals surface area contributed by atoms with Crippen LogP contribution in [-0.4, -0.2) is 9.04 Å². The van der Waals surface area contributed by atoms with Crippen LogP contribution in [0.3, 0.4) is 0 Å². The van der Waals surface area contributed by atoms with Crippen molar-refractivity contribution in [2.45, 2.75) is 51.6 Å². The van der Waals surface area contributed by atoms with E-state index in [2.05, 4.69) is 19.1 Å². The summed E-state index contributed by atoms with van der Waals surface area (Å²) in [5.74, 6) is 0. The molecule has 0 heterocycles. The van der Waals surface area contributed by atoms with Crippen molar-refractivity contribution in [3.05, 3.63) is 12.2 Å². The van der Waals surface area contributed by atoms with E-state index in [4.69, 9.17) is 0 Å². The molecule has 0 rings (SSSR count). The molecule has 0 saturated heterocycles. The summed E-state index contributed by atoms with van der Waals surface area (Å²) >= 11 is 0. The molecule has 1 atom stereocenters. The Balaban J connectivity index is 3.04. The van der Waals surface area contributed by atoms with Gasteiger partial charge in [-0.15, -0.1) is 0 Å². The first kappa shape index (κ1) is 11.9. The van der Waals surface area contributed by atoms with E-state index >= 15 is 0 Å². The van der Waals surface area contributed by atoms with E-state index in [0.29, 0.717) is 0 Å². The zero-order valence-corrected chi connectivity index (χ0v) is 9.54. The van der Waals surface area contributed by atoms with Crippen LogP contribution in [0.1, 0.15) is 39.0 Å². The van der Waals surface area contributed by atoms with Crippen LogP contribution in [0, 0.1) is 0 Å². The molecule has 0 spiro atoms. The second-order valence-electron chi connectivity index (χ2n) is 3.36. The molecule has 0 aliphatic rings. The van der Waals surface area contributed by atoms with E-state index in [1.807, 2.05) is 6.55 Å². The van der Waals surface area contributed by atoms with Crippen LogP contribution in [-0.2, 0) is 4.80 Å². The van der Waals surface area contributed by atoms with Gasteiger partial charge < -0.3 is 4.80 Å². The minimum Gasteiger partial charge on any atom is -0.302 e. The molecule has 0 N–H and O–H groups in total. The maximum absolute atomic E-state index is 10.8. The summed E-state index contributed by atoms with van der Waals surface area (Å²) in [6.07, 6.45) is 10.5. The topological polar surface area (TPSA) is 19.9 Å². The van der Waals surface area contributed by atoms with Crippen molar-refractivity contribution in [3.63, 3.8) is 0 Å². The summed E-state index contributed by atoms with van der Waals surface area (Å²) in [7, 11) is -1.54. The van der Waals surface area contributed by atoms with Crippen LogP contribution in [0.2, 0.25) is 12.6 Å². The van der Waals surface area contributed by atoms with Gasteiger partial charge in [0.2, 0.25) is 9.04 Å². The maximum atomic E-state index is 10.8. The highest BCUT2D eigenvalue weighted by atomic mass is 28.3. The predicted octanol–water partition coefficient (Wildman–Crippen LogP) is 3.30. The molecule has 0 aliphatic heterocycles. The second-order valence-corrected chi connectivity index (χ2v) is 5.55. The molecule has 71 valence electrons. The van der Waals surface area contributed by atoms with Gasteiger partial charge in [0.05, 0.1) is 0 Å². The maximum Gasteiger partial charge on any atom is 0.219 e. The molecule has 0 fully saturated rings. The highest BCUT2D eigenvalue weighted by Crippen LogP contribution is 2.02. The summed E-state index contributed by atoms with van der Waals surface area (Å²) in [5, 5.41) is 0. The molecule has 0 aromatic rings. The first-order chi connectivity index (χ1) is 5.77. The average molecular weight is 185 g/mol. The number of hydrogen-bond donors (Lipinski definition) is 0. The van der Waals surface area contributed by atoms with Gasteiger partial charge in [0.1, 0.15) is 0 Å². The SMILES string of the molecule is CCCCCC=CCC[SiH](C)[O]. The zero-order valence-electron chi connectivity index (χ0n) is 8.38. The van der Waals surface area contributed by atoms with Crippen molar-refractivity contribution < 1.29 is 4.80 Å². The minimum absolute atomic E-state index is 0.921. The van der Waals surface area contributed by atoms with Crippen molar-refractivity contribution in [2.24, 2.45) is 0 Å². The molecule has 0 aromatic heterocycles. The zero-order chi connectivity index (χ0) is 9.23. The third-order valence-electron chi connectivity index (χ3n) is 1.88. The van der Waals surface area contributed by atoms with Gasteiger partial charge in [-0.1, -0.05) is 31.9 Å². The lowest BCUT2D eigenvalue weighted by Gasteiger charge is -1.94. The first-order valence-electron chi connectivity index (χ1n) is 5.08. The van der Waals surface area contributed by atoms with Gasteiger partial charge in [0, 0.05) is 0 Å². The third-order valence-corrected chi connectivity index (χ3v) is 3.03. The van der Waals surface area contributed by atoms with E-state index in [9.17, 15) is 4.80 Å². The van der Waals surface area contributed by atoms with Crippen LogP contribution in [0.4, 0.5) is 0 Å².